The maximum atomic E-state index is 12.7. The summed E-state index contributed by atoms with van der Waals surface area (Å²) in [7, 11) is -1.99. The Morgan fingerprint density at radius 1 is 1.32 bits per heavy atom. The van der Waals surface area contributed by atoms with Crippen molar-refractivity contribution in [3.8, 4) is 5.75 Å². The minimum Gasteiger partial charge on any atom is -0.490 e. The number of carbonyl (C=O) groups is 1. The van der Waals surface area contributed by atoms with Gasteiger partial charge < -0.3 is 20.1 Å². The number of ether oxygens (including phenoxy) is 2. The number of halogens is 1. The number of benzene rings is 1. The molecule has 25 heavy (non-hydrogen) atoms. The van der Waals surface area contributed by atoms with Crippen molar-refractivity contribution >= 4 is 33.0 Å². The number of sulfone groups is 1. The molecule has 0 aliphatic carbocycles. The summed E-state index contributed by atoms with van der Waals surface area (Å²) in [6, 6.07) is 4.80. The third-order valence-corrected chi connectivity index (χ3v) is 6.58. The first-order chi connectivity index (χ1) is 11.8. The number of hydrogen-bond donors (Lipinski definition) is 2. The molecular formula is C16H23ClN2O5S. The van der Waals surface area contributed by atoms with E-state index < -0.39 is 20.5 Å². The standard InChI is InChI=1S/C16H23ClN2O5S/c1-23-9-10-24-14-4-3-12(11-13(14)17)19-15(20)16(25(2,21)22)5-7-18-8-6-16/h3-4,11,18H,5-10H2,1-2H3,(H,19,20). The Morgan fingerprint density at radius 3 is 2.56 bits per heavy atom. The number of anilines is 1. The molecule has 0 spiro atoms. The molecule has 1 saturated heterocycles. The Bertz CT molecular complexity index is 717. The Hall–Kier alpha value is -1.35. The smallest absolute Gasteiger partial charge is 0.245 e. The van der Waals surface area contributed by atoms with Crippen LogP contribution >= 0.6 is 11.6 Å². The van der Waals surface area contributed by atoms with Gasteiger partial charge in [0.2, 0.25) is 5.91 Å². The van der Waals surface area contributed by atoms with E-state index in [2.05, 4.69) is 10.6 Å². The largest absolute Gasteiger partial charge is 0.490 e. The zero-order valence-electron chi connectivity index (χ0n) is 14.3. The highest BCUT2D eigenvalue weighted by Gasteiger charge is 2.48. The summed E-state index contributed by atoms with van der Waals surface area (Å²) in [5, 5.41) is 6.09. The molecule has 9 heteroatoms. The molecule has 2 rings (SSSR count). The monoisotopic (exact) mass is 390 g/mol. The molecule has 0 unspecified atom stereocenters. The molecule has 7 nitrogen and oxygen atoms in total. The van der Waals surface area contributed by atoms with Crippen LogP contribution in [0.25, 0.3) is 0 Å². The van der Waals surface area contributed by atoms with Crippen LogP contribution in [0.15, 0.2) is 18.2 Å². The summed E-state index contributed by atoms with van der Waals surface area (Å²) in [4.78, 5) is 12.7. The van der Waals surface area contributed by atoms with E-state index in [-0.39, 0.29) is 12.8 Å². The summed E-state index contributed by atoms with van der Waals surface area (Å²) in [5.41, 5.74) is 0.427. The van der Waals surface area contributed by atoms with Gasteiger partial charge in [0.05, 0.1) is 11.6 Å². The molecule has 2 N–H and O–H groups in total. The van der Waals surface area contributed by atoms with Gasteiger partial charge in [-0.25, -0.2) is 8.42 Å². The molecule has 1 aliphatic rings. The fourth-order valence-electron chi connectivity index (χ4n) is 2.77. The van der Waals surface area contributed by atoms with Crippen LogP contribution in [-0.2, 0) is 19.4 Å². The Morgan fingerprint density at radius 2 is 2.00 bits per heavy atom. The Labute approximate surface area is 152 Å². The minimum atomic E-state index is -3.56. The highest BCUT2D eigenvalue weighted by molar-refractivity contribution is 7.92. The zero-order valence-corrected chi connectivity index (χ0v) is 15.9. The summed E-state index contributed by atoms with van der Waals surface area (Å²) in [5.74, 6) is -0.0583. The van der Waals surface area contributed by atoms with Crippen LogP contribution < -0.4 is 15.4 Å². The molecule has 1 aromatic rings. The minimum absolute atomic E-state index is 0.240. The second kappa shape index (κ2) is 8.35. The number of nitrogens with one attached hydrogen (secondary N) is 2. The molecule has 0 atom stereocenters. The van der Waals surface area contributed by atoms with Gasteiger partial charge in [0, 0.05) is 19.1 Å². The van der Waals surface area contributed by atoms with Crippen molar-refractivity contribution in [1.82, 2.24) is 5.32 Å². The molecule has 1 aliphatic heterocycles. The average Bonchev–Trinajstić information content (AvgIpc) is 2.56. The molecule has 0 radical (unpaired) electrons. The van der Waals surface area contributed by atoms with Gasteiger partial charge in [-0.1, -0.05) is 11.6 Å². The maximum absolute atomic E-state index is 12.7. The molecule has 1 amide bonds. The van der Waals surface area contributed by atoms with E-state index >= 15 is 0 Å². The normalized spacial score (nSPS) is 17.1. The van der Waals surface area contributed by atoms with Gasteiger partial charge in [0.15, 0.2) is 14.6 Å². The van der Waals surface area contributed by atoms with E-state index in [1.807, 2.05) is 0 Å². The molecule has 0 bridgehead atoms. The van der Waals surface area contributed by atoms with Crippen molar-refractivity contribution in [3.05, 3.63) is 23.2 Å². The third-order valence-electron chi connectivity index (χ3n) is 4.27. The van der Waals surface area contributed by atoms with Crippen LogP contribution in [0.4, 0.5) is 5.69 Å². The lowest BCUT2D eigenvalue weighted by Crippen LogP contribution is -2.55. The van der Waals surface area contributed by atoms with Crippen LogP contribution in [0, 0.1) is 0 Å². The number of hydrogen-bond acceptors (Lipinski definition) is 6. The summed E-state index contributed by atoms with van der Waals surface area (Å²) in [6.07, 6.45) is 1.59. The highest BCUT2D eigenvalue weighted by Crippen LogP contribution is 2.31. The fourth-order valence-corrected chi connectivity index (χ4v) is 4.34. The molecule has 1 fully saturated rings. The molecular weight excluding hydrogens is 368 g/mol. The second-order valence-corrected chi connectivity index (χ2v) is 8.69. The van der Waals surface area contributed by atoms with Crippen LogP contribution in [0.1, 0.15) is 12.8 Å². The van der Waals surface area contributed by atoms with Crippen molar-refractivity contribution in [3.63, 3.8) is 0 Å². The first-order valence-corrected chi connectivity index (χ1v) is 10.2. The van der Waals surface area contributed by atoms with Crippen LogP contribution in [0.5, 0.6) is 5.75 Å². The second-order valence-electron chi connectivity index (χ2n) is 5.96. The van der Waals surface area contributed by atoms with Gasteiger partial charge in [-0.05, 0) is 44.1 Å². The van der Waals surface area contributed by atoms with E-state index in [4.69, 9.17) is 21.1 Å². The zero-order chi connectivity index (χ0) is 18.5. The topological polar surface area (TPSA) is 93.7 Å². The summed E-state index contributed by atoms with van der Waals surface area (Å²) < 4.78 is 33.5. The van der Waals surface area contributed by atoms with E-state index in [1.54, 1.807) is 25.3 Å². The summed E-state index contributed by atoms with van der Waals surface area (Å²) >= 11 is 6.16. The lowest BCUT2D eigenvalue weighted by atomic mass is 9.95. The molecule has 1 aromatic carbocycles. The highest BCUT2D eigenvalue weighted by atomic mass is 35.5. The lowest BCUT2D eigenvalue weighted by molar-refractivity contribution is -0.119. The maximum Gasteiger partial charge on any atom is 0.245 e. The fraction of sp³-hybridized carbons (Fsp3) is 0.562. The van der Waals surface area contributed by atoms with Crippen molar-refractivity contribution in [2.75, 3.05) is 45.0 Å². The van der Waals surface area contributed by atoms with Gasteiger partial charge >= 0.3 is 0 Å². The number of methoxy groups -OCH3 is 1. The van der Waals surface area contributed by atoms with Crippen molar-refractivity contribution < 1.29 is 22.7 Å². The number of rotatable bonds is 7. The van der Waals surface area contributed by atoms with Gasteiger partial charge in [0.25, 0.3) is 0 Å². The quantitative estimate of drug-likeness (QED) is 0.685. The van der Waals surface area contributed by atoms with Crippen LogP contribution in [-0.4, -0.2) is 58.7 Å². The first kappa shape index (κ1) is 20.0. The van der Waals surface area contributed by atoms with Crippen LogP contribution in [0.2, 0.25) is 5.02 Å². The summed E-state index contributed by atoms with van der Waals surface area (Å²) in [6.45, 7) is 1.74. The van der Waals surface area contributed by atoms with Crippen molar-refractivity contribution in [1.29, 1.82) is 0 Å². The van der Waals surface area contributed by atoms with Gasteiger partial charge in [-0.3, -0.25) is 4.79 Å². The van der Waals surface area contributed by atoms with E-state index in [0.29, 0.717) is 42.8 Å². The molecule has 0 aromatic heterocycles. The molecule has 0 saturated carbocycles. The number of piperidine rings is 1. The van der Waals surface area contributed by atoms with Crippen molar-refractivity contribution in [2.45, 2.75) is 17.6 Å². The SMILES string of the molecule is COCCOc1ccc(NC(=O)C2(S(C)(=O)=O)CCNCC2)cc1Cl. The van der Waals surface area contributed by atoms with E-state index in [1.165, 1.54) is 0 Å². The Balaban J connectivity index is 2.15. The van der Waals surface area contributed by atoms with Crippen molar-refractivity contribution in [2.24, 2.45) is 0 Å². The lowest BCUT2D eigenvalue weighted by Gasteiger charge is -2.34. The van der Waals surface area contributed by atoms with Crippen LogP contribution in [0.3, 0.4) is 0 Å². The van der Waals surface area contributed by atoms with Gasteiger partial charge in [-0.2, -0.15) is 0 Å². The molecule has 140 valence electrons. The average molecular weight is 391 g/mol. The Kier molecular flexibility index (Phi) is 6.67. The third kappa shape index (κ3) is 4.63. The van der Waals surface area contributed by atoms with Gasteiger partial charge in [0.1, 0.15) is 12.4 Å². The predicted octanol–water partition coefficient (Wildman–Crippen LogP) is 1.47. The predicted molar refractivity (Wildman–Crippen MR) is 97.1 cm³/mol. The molecule has 1 heterocycles. The number of amides is 1. The number of carbonyl (C=O) groups excluding carboxylic acids is 1. The first-order valence-electron chi connectivity index (χ1n) is 7.93. The van der Waals surface area contributed by atoms with Gasteiger partial charge in [-0.15, -0.1) is 0 Å². The van der Waals surface area contributed by atoms with E-state index in [9.17, 15) is 13.2 Å². The van der Waals surface area contributed by atoms with E-state index in [0.717, 1.165) is 6.26 Å².